The van der Waals surface area contributed by atoms with Gasteiger partial charge in [-0.2, -0.15) is 0 Å². The van der Waals surface area contributed by atoms with Crippen LogP contribution < -0.4 is 0 Å². The molecule has 2 heterocycles. The van der Waals surface area contributed by atoms with Gasteiger partial charge in [0.05, 0.1) is 25.0 Å². The lowest BCUT2D eigenvalue weighted by molar-refractivity contribution is -0.160. The van der Waals surface area contributed by atoms with Crippen molar-refractivity contribution in [3.8, 4) is 0 Å². The van der Waals surface area contributed by atoms with Gasteiger partial charge in [0.15, 0.2) is 12.2 Å². The van der Waals surface area contributed by atoms with Crippen molar-refractivity contribution in [2.75, 3.05) is 13.2 Å². The molecule has 0 bridgehead atoms. The van der Waals surface area contributed by atoms with Crippen LogP contribution in [0.2, 0.25) is 0 Å². The normalized spacial score (nSPS) is 38.8. The number of fused-ring (bicyclic) bond motifs is 1. The van der Waals surface area contributed by atoms with E-state index in [0.717, 1.165) is 38.5 Å². The predicted octanol–water partition coefficient (Wildman–Crippen LogP) is 2.32. The van der Waals surface area contributed by atoms with Gasteiger partial charge in [-0.05, 0) is 38.5 Å². The molecule has 142 valence electrons. The third kappa shape index (κ3) is 3.71. The van der Waals surface area contributed by atoms with Crippen molar-refractivity contribution < 1.29 is 28.5 Å². The Bertz CT molecular complexity index is 545. The second-order valence-corrected chi connectivity index (χ2v) is 7.51. The summed E-state index contributed by atoms with van der Waals surface area (Å²) in [5.41, 5.74) is 0. The highest BCUT2D eigenvalue weighted by Gasteiger charge is 2.51. The van der Waals surface area contributed by atoms with Crippen LogP contribution in [0.1, 0.15) is 38.5 Å². The van der Waals surface area contributed by atoms with Gasteiger partial charge < -0.3 is 18.9 Å². The molecule has 2 aliphatic carbocycles. The molecule has 0 amide bonds. The molecule has 0 spiro atoms. The largest absolute Gasteiger partial charge is 0.457 e. The van der Waals surface area contributed by atoms with E-state index in [4.69, 9.17) is 18.9 Å². The van der Waals surface area contributed by atoms with Crippen molar-refractivity contribution in [3.63, 3.8) is 0 Å². The Morgan fingerprint density at radius 2 is 1.19 bits per heavy atom. The molecule has 0 aromatic rings. The summed E-state index contributed by atoms with van der Waals surface area (Å²) in [7, 11) is 0. The quantitative estimate of drug-likeness (QED) is 0.565. The number of rotatable bonds is 4. The number of ether oxygens (including phenoxy) is 4. The summed E-state index contributed by atoms with van der Waals surface area (Å²) >= 11 is 0. The molecule has 0 aromatic carbocycles. The maximum absolute atomic E-state index is 12.3. The molecule has 6 atom stereocenters. The minimum absolute atomic E-state index is 0.0755. The van der Waals surface area contributed by atoms with Crippen molar-refractivity contribution in [2.24, 2.45) is 11.8 Å². The molecule has 0 saturated carbocycles. The molecule has 0 N–H and O–H groups in total. The van der Waals surface area contributed by atoms with E-state index in [1.807, 2.05) is 12.2 Å². The van der Waals surface area contributed by atoms with Gasteiger partial charge in [0.1, 0.15) is 12.2 Å². The molecule has 4 aliphatic rings. The van der Waals surface area contributed by atoms with Gasteiger partial charge in [-0.1, -0.05) is 24.3 Å². The van der Waals surface area contributed by atoms with E-state index in [0.29, 0.717) is 13.2 Å². The first-order valence-electron chi connectivity index (χ1n) is 9.66. The van der Waals surface area contributed by atoms with E-state index in [1.165, 1.54) is 0 Å². The first kappa shape index (κ1) is 17.7. The summed E-state index contributed by atoms with van der Waals surface area (Å²) in [6.45, 7) is 0.591. The highest BCUT2D eigenvalue weighted by Crippen LogP contribution is 2.33. The summed E-state index contributed by atoms with van der Waals surface area (Å²) < 4.78 is 22.9. The van der Waals surface area contributed by atoms with E-state index in [2.05, 4.69) is 12.2 Å². The SMILES string of the molecule is O=C(O[C@@H]1CO[C@H]2[C@@H]1OC[C@H]2OC(=O)[C@@H]1CC=CCC1)[C@@H]1CC=CCC1. The van der Waals surface area contributed by atoms with Gasteiger partial charge in [0.2, 0.25) is 0 Å². The van der Waals surface area contributed by atoms with Gasteiger partial charge in [-0.3, -0.25) is 9.59 Å². The van der Waals surface area contributed by atoms with Crippen LogP contribution in [0, 0.1) is 11.8 Å². The number of esters is 2. The van der Waals surface area contributed by atoms with Crippen LogP contribution >= 0.6 is 0 Å². The zero-order valence-corrected chi connectivity index (χ0v) is 14.9. The number of carbonyl (C=O) groups excluding carboxylic acids is 2. The molecule has 0 radical (unpaired) electrons. The lowest BCUT2D eigenvalue weighted by Gasteiger charge is -2.22. The topological polar surface area (TPSA) is 71.1 Å². The zero-order valence-electron chi connectivity index (χ0n) is 14.9. The summed E-state index contributed by atoms with van der Waals surface area (Å²) in [6.07, 6.45) is 11.7. The smallest absolute Gasteiger partial charge is 0.309 e. The van der Waals surface area contributed by atoms with E-state index in [-0.39, 0.29) is 36.0 Å². The Morgan fingerprint density at radius 3 is 1.58 bits per heavy atom. The average Bonchev–Trinajstić information content (AvgIpc) is 3.27. The minimum atomic E-state index is -0.417. The number of carbonyl (C=O) groups is 2. The van der Waals surface area contributed by atoms with E-state index < -0.39 is 12.2 Å². The van der Waals surface area contributed by atoms with Crippen LogP contribution in [-0.4, -0.2) is 49.6 Å². The second kappa shape index (κ2) is 7.92. The van der Waals surface area contributed by atoms with Gasteiger partial charge in [0.25, 0.3) is 0 Å². The lowest BCUT2D eigenvalue weighted by Crippen LogP contribution is -2.37. The standard InChI is InChI=1S/C20H26O6/c21-19(13-7-3-1-4-8-13)25-15-11-23-18-16(12-24-17(15)18)26-20(22)14-9-5-2-6-10-14/h1-3,5,13-18H,4,6-12H2/t13-,14-,15-,16-,17-,18-/m1/s1. The summed E-state index contributed by atoms with van der Waals surface area (Å²) in [6, 6.07) is 0. The Labute approximate surface area is 153 Å². The Kier molecular flexibility index (Phi) is 5.41. The summed E-state index contributed by atoms with van der Waals surface area (Å²) in [4.78, 5) is 24.7. The molecule has 2 fully saturated rings. The maximum atomic E-state index is 12.3. The van der Waals surface area contributed by atoms with Crippen LogP contribution in [0.4, 0.5) is 0 Å². The van der Waals surface area contributed by atoms with Crippen molar-refractivity contribution in [1.82, 2.24) is 0 Å². The second-order valence-electron chi connectivity index (χ2n) is 7.51. The Hall–Kier alpha value is -1.66. The van der Waals surface area contributed by atoms with Crippen molar-refractivity contribution in [3.05, 3.63) is 24.3 Å². The van der Waals surface area contributed by atoms with Crippen molar-refractivity contribution >= 4 is 11.9 Å². The molecule has 2 saturated heterocycles. The minimum Gasteiger partial charge on any atom is -0.457 e. The first-order valence-corrected chi connectivity index (χ1v) is 9.66. The fraction of sp³-hybridized carbons (Fsp3) is 0.700. The van der Waals surface area contributed by atoms with Crippen molar-refractivity contribution in [1.29, 1.82) is 0 Å². The van der Waals surface area contributed by atoms with Gasteiger partial charge in [-0.25, -0.2) is 0 Å². The van der Waals surface area contributed by atoms with Gasteiger partial charge in [0, 0.05) is 0 Å². The van der Waals surface area contributed by atoms with Crippen LogP contribution in [-0.2, 0) is 28.5 Å². The van der Waals surface area contributed by atoms with Crippen molar-refractivity contribution in [2.45, 2.75) is 62.9 Å². The fourth-order valence-electron chi connectivity index (χ4n) is 4.14. The van der Waals surface area contributed by atoms with Crippen LogP contribution in [0.25, 0.3) is 0 Å². The maximum Gasteiger partial charge on any atom is 0.309 e. The lowest BCUT2D eigenvalue weighted by atomic mass is 9.94. The first-order chi connectivity index (χ1) is 12.7. The average molecular weight is 362 g/mol. The molecule has 6 heteroatoms. The highest BCUT2D eigenvalue weighted by atomic mass is 16.7. The fourth-order valence-corrected chi connectivity index (χ4v) is 4.14. The molecule has 2 aliphatic heterocycles. The van der Waals surface area contributed by atoms with Gasteiger partial charge in [-0.15, -0.1) is 0 Å². The zero-order chi connectivity index (χ0) is 17.9. The molecule has 0 aromatic heterocycles. The molecule has 0 unspecified atom stereocenters. The number of allylic oxidation sites excluding steroid dienone is 4. The third-order valence-electron chi connectivity index (χ3n) is 5.70. The predicted molar refractivity (Wildman–Crippen MR) is 92.2 cm³/mol. The monoisotopic (exact) mass is 362 g/mol. The molecular formula is C20H26O6. The molecule has 4 rings (SSSR count). The van der Waals surface area contributed by atoms with Crippen LogP contribution in [0.5, 0.6) is 0 Å². The summed E-state index contributed by atoms with van der Waals surface area (Å²) in [5, 5.41) is 0. The molecule has 26 heavy (non-hydrogen) atoms. The van der Waals surface area contributed by atoms with Gasteiger partial charge >= 0.3 is 11.9 Å². The molecular weight excluding hydrogens is 336 g/mol. The van der Waals surface area contributed by atoms with Crippen LogP contribution in [0.3, 0.4) is 0 Å². The van der Waals surface area contributed by atoms with E-state index in [1.54, 1.807) is 0 Å². The number of hydrogen-bond acceptors (Lipinski definition) is 6. The van der Waals surface area contributed by atoms with E-state index in [9.17, 15) is 9.59 Å². The summed E-state index contributed by atoms with van der Waals surface area (Å²) in [5.74, 6) is -0.509. The third-order valence-corrected chi connectivity index (χ3v) is 5.70. The number of hydrogen-bond donors (Lipinski definition) is 0. The highest BCUT2D eigenvalue weighted by molar-refractivity contribution is 5.73. The van der Waals surface area contributed by atoms with Crippen LogP contribution in [0.15, 0.2) is 24.3 Å². The Balaban J connectivity index is 1.29. The molecule has 6 nitrogen and oxygen atoms in total. The Morgan fingerprint density at radius 1 is 0.731 bits per heavy atom. The van der Waals surface area contributed by atoms with E-state index >= 15 is 0 Å².